The van der Waals surface area contributed by atoms with E-state index in [4.69, 9.17) is 11.6 Å². The number of nitrogens with zero attached hydrogens (tertiary/aromatic N) is 2. The van der Waals surface area contributed by atoms with Gasteiger partial charge in [-0.3, -0.25) is 4.98 Å². The summed E-state index contributed by atoms with van der Waals surface area (Å²) in [6, 6.07) is 8.28. The van der Waals surface area contributed by atoms with Crippen LogP contribution in [0.25, 0.3) is 12.2 Å². The predicted molar refractivity (Wildman–Crippen MR) is 71.8 cm³/mol. The van der Waals surface area contributed by atoms with Crippen LogP contribution in [0.15, 0.2) is 36.7 Å². The molecule has 0 atom stereocenters. The van der Waals surface area contributed by atoms with Crippen molar-refractivity contribution in [3.8, 4) is 0 Å². The topological polar surface area (TPSA) is 25.8 Å². The summed E-state index contributed by atoms with van der Waals surface area (Å²) in [7, 11) is 0. The largest absolute Gasteiger partial charge is 0.252 e. The number of rotatable bonds is 3. The molecule has 1 heterocycles. The lowest BCUT2D eigenvalue weighted by atomic mass is 10.0. The molecule has 0 saturated carbocycles. The zero-order valence-electron chi connectivity index (χ0n) is 9.60. The van der Waals surface area contributed by atoms with Gasteiger partial charge in [-0.25, -0.2) is 4.98 Å². The first kappa shape index (κ1) is 11.8. The Labute approximate surface area is 106 Å². The minimum Gasteiger partial charge on any atom is -0.252 e. The van der Waals surface area contributed by atoms with Crippen LogP contribution in [0.4, 0.5) is 0 Å². The Morgan fingerprint density at radius 2 is 1.88 bits per heavy atom. The maximum absolute atomic E-state index is 5.94. The first-order valence-corrected chi connectivity index (χ1v) is 5.91. The monoisotopic (exact) mass is 244 g/mol. The molecular formula is C14H13ClN2. The normalized spacial score (nSPS) is 10.9. The second-order valence-electron chi connectivity index (χ2n) is 3.62. The summed E-state index contributed by atoms with van der Waals surface area (Å²) in [5.74, 6) is 0. The Morgan fingerprint density at radius 3 is 2.65 bits per heavy atom. The Balaban J connectivity index is 2.29. The zero-order valence-corrected chi connectivity index (χ0v) is 10.4. The summed E-state index contributed by atoms with van der Waals surface area (Å²) in [4.78, 5) is 8.15. The van der Waals surface area contributed by atoms with E-state index in [2.05, 4.69) is 29.0 Å². The predicted octanol–water partition coefficient (Wildman–Crippen LogP) is 3.86. The van der Waals surface area contributed by atoms with Gasteiger partial charge in [0.1, 0.15) is 5.69 Å². The van der Waals surface area contributed by atoms with Crippen molar-refractivity contribution in [2.24, 2.45) is 0 Å². The molecule has 17 heavy (non-hydrogen) atoms. The number of benzene rings is 1. The summed E-state index contributed by atoms with van der Waals surface area (Å²) in [6.07, 6.45) is 8.14. The zero-order chi connectivity index (χ0) is 12.1. The van der Waals surface area contributed by atoms with Gasteiger partial charge in [0, 0.05) is 12.4 Å². The molecule has 0 aliphatic rings. The molecule has 0 saturated heterocycles. The first-order valence-electron chi connectivity index (χ1n) is 5.53. The van der Waals surface area contributed by atoms with Gasteiger partial charge in [0.25, 0.3) is 0 Å². The Morgan fingerprint density at radius 1 is 1.12 bits per heavy atom. The summed E-state index contributed by atoms with van der Waals surface area (Å²) >= 11 is 5.94. The van der Waals surface area contributed by atoms with E-state index in [0.717, 1.165) is 6.42 Å². The molecule has 1 aromatic carbocycles. The van der Waals surface area contributed by atoms with Crippen LogP contribution in [-0.2, 0) is 6.42 Å². The second kappa shape index (κ2) is 5.60. The number of hydrogen-bond acceptors (Lipinski definition) is 2. The molecule has 86 valence electrons. The van der Waals surface area contributed by atoms with Crippen molar-refractivity contribution in [2.45, 2.75) is 13.3 Å². The van der Waals surface area contributed by atoms with Crippen molar-refractivity contribution in [1.29, 1.82) is 0 Å². The van der Waals surface area contributed by atoms with Crippen LogP contribution in [-0.4, -0.2) is 9.97 Å². The fraction of sp³-hybridized carbons (Fsp3) is 0.143. The smallest absolute Gasteiger partial charge is 0.154 e. The van der Waals surface area contributed by atoms with Crippen LogP contribution in [0.1, 0.15) is 23.7 Å². The van der Waals surface area contributed by atoms with E-state index in [0.29, 0.717) is 10.8 Å². The van der Waals surface area contributed by atoms with Crippen LogP contribution < -0.4 is 0 Å². The van der Waals surface area contributed by atoms with Gasteiger partial charge in [0.2, 0.25) is 0 Å². The van der Waals surface area contributed by atoms with Crippen molar-refractivity contribution in [1.82, 2.24) is 9.97 Å². The lowest BCUT2D eigenvalue weighted by molar-refractivity contribution is 1.13. The summed E-state index contributed by atoms with van der Waals surface area (Å²) in [6.45, 7) is 2.14. The van der Waals surface area contributed by atoms with Crippen molar-refractivity contribution in [3.63, 3.8) is 0 Å². The summed E-state index contributed by atoms with van der Waals surface area (Å²) in [5.41, 5.74) is 3.19. The maximum atomic E-state index is 5.94. The number of aryl methyl sites for hydroxylation is 1. The quantitative estimate of drug-likeness (QED) is 0.819. The highest BCUT2D eigenvalue weighted by molar-refractivity contribution is 6.30. The highest BCUT2D eigenvalue weighted by atomic mass is 35.5. The van der Waals surface area contributed by atoms with Gasteiger partial charge in [-0.2, -0.15) is 0 Å². The Bertz CT molecular complexity index is 535. The third kappa shape index (κ3) is 2.92. The highest BCUT2D eigenvalue weighted by Crippen LogP contribution is 2.15. The lowest BCUT2D eigenvalue weighted by Crippen LogP contribution is -1.87. The number of aromatic nitrogens is 2. The third-order valence-electron chi connectivity index (χ3n) is 2.54. The van der Waals surface area contributed by atoms with Gasteiger partial charge < -0.3 is 0 Å². The average molecular weight is 245 g/mol. The van der Waals surface area contributed by atoms with Crippen molar-refractivity contribution >= 4 is 23.8 Å². The average Bonchev–Trinajstić information content (AvgIpc) is 2.38. The molecule has 2 nitrogen and oxygen atoms in total. The molecular weight excluding hydrogens is 232 g/mol. The van der Waals surface area contributed by atoms with Crippen LogP contribution in [0.5, 0.6) is 0 Å². The van der Waals surface area contributed by atoms with Gasteiger partial charge in [-0.15, -0.1) is 0 Å². The van der Waals surface area contributed by atoms with Crippen LogP contribution in [0.2, 0.25) is 5.15 Å². The van der Waals surface area contributed by atoms with Crippen molar-refractivity contribution in [3.05, 3.63) is 58.6 Å². The standard InChI is InChI=1S/C14H13ClN2/c1-2-11-5-3-4-6-12(11)7-8-13-14(15)17-10-9-16-13/h3-10H,2H2,1H3. The fourth-order valence-corrected chi connectivity index (χ4v) is 1.80. The van der Waals surface area contributed by atoms with Gasteiger partial charge in [0.05, 0.1) is 0 Å². The van der Waals surface area contributed by atoms with Gasteiger partial charge in [-0.1, -0.05) is 48.9 Å². The molecule has 0 aliphatic carbocycles. The molecule has 0 unspecified atom stereocenters. The molecule has 0 radical (unpaired) electrons. The molecule has 3 heteroatoms. The fourth-order valence-electron chi connectivity index (χ4n) is 1.63. The molecule has 0 N–H and O–H groups in total. The van der Waals surface area contributed by atoms with E-state index in [1.54, 1.807) is 12.4 Å². The second-order valence-corrected chi connectivity index (χ2v) is 3.98. The van der Waals surface area contributed by atoms with Crippen LogP contribution >= 0.6 is 11.6 Å². The van der Waals surface area contributed by atoms with Gasteiger partial charge in [-0.05, 0) is 23.6 Å². The van der Waals surface area contributed by atoms with E-state index < -0.39 is 0 Å². The molecule has 0 spiro atoms. The molecule has 0 fully saturated rings. The van der Waals surface area contributed by atoms with E-state index in [1.807, 2.05) is 24.3 Å². The molecule has 2 rings (SSSR count). The van der Waals surface area contributed by atoms with Crippen molar-refractivity contribution in [2.75, 3.05) is 0 Å². The molecule has 1 aromatic heterocycles. The van der Waals surface area contributed by atoms with E-state index >= 15 is 0 Å². The first-order chi connectivity index (χ1) is 8.31. The lowest BCUT2D eigenvalue weighted by Gasteiger charge is -2.02. The van der Waals surface area contributed by atoms with Gasteiger partial charge >= 0.3 is 0 Å². The van der Waals surface area contributed by atoms with Gasteiger partial charge in [0.15, 0.2) is 5.15 Å². The van der Waals surface area contributed by atoms with Crippen LogP contribution in [0.3, 0.4) is 0 Å². The molecule has 2 aromatic rings. The summed E-state index contributed by atoms with van der Waals surface area (Å²) in [5, 5.41) is 0.428. The highest BCUT2D eigenvalue weighted by Gasteiger charge is 1.98. The SMILES string of the molecule is CCc1ccccc1C=Cc1nccnc1Cl. The van der Waals surface area contributed by atoms with E-state index in [9.17, 15) is 0 Å². The minimum absolute atomic E-state index is 0.428. The third-order valence-corrected chi connectivity index (χ3v) is 2.83. The van der Waals surface area contributed by atoms with Crippen molar-refractivity contribution < 1.29 is 0 Å². The van der Waals surface area contributed by atoms with E-state index in [1.165, 1.54) is 11.1 Å². The maximum Gasteiger partial charge on any atom is 0.154 e. The number of halogens is 1. The molecule has 0 bridgehead atoms. The summed E-state index contributed by atoms with van der Waals surface area (Å²) < 4.78 is 0. The Kier molecular flexibility index (Phi) is 3.89. The number of hydrogen-bond donors (Lipinski definition) is 0. The molecule has 0 amide bonds. The van der Waals surface area contributed by atoms with Crippen LogP contribution in [0, 0.1) is 0 Å². The minimum atomic E-state index is 0.428. The molecule has 0 aliphatic heterocycles. The van der Waals surface area contributed by atoms with E-state index in [-0.39, 0.29) is 0 Å². The Hall–Kier alpha value is -1.67.